The van der Waals surface area contributed by atoms with Crippen molar-refractivity contribution in [2.75, 3.05) is 20.6 Å². The van der Waals surface area contributed by atoms with Gasteiger partial charge in [0.05, 0.1) is 6.04 Å². The number of hydrogen-bond donors (Lipinski definition) is 1. The number of fused-ring (bicyclic) bond motifs is 2. The van der Waals surface area contributed by atoms with Crippen molar-refractivity contribution >= 4 is 17.8 Å². The lowest BCUT2D eigenvalue weighted by atomic mass is 9.81. The van der Waals surface area contributed by atoms with E-state index < -0.39 is 11.5 Å². The van der Waals surface area contributed by atoms with E-state index in [0.717, 1.165) is 24.9 Å². The highest BCUT2D eigenvalue weighted by Crippen LogP contribution is 2.46. The number of hydrogen-bond acceptors (Lipinski definition) is 4. The summed E-state index contributed by atoms with van der Waals surface area (Å²) < 4.78 is 27.2. The first-order chi connectivity index (χ1) is 17.1. The number of likely N-dealkylation sites (N-methyl/N-ethyl adjacent to an activating group) is 2. The largest absolute Gasteiger partial charge is 0.349 e. The molecule has 4 fully saturated rings. The molecule has 3 saturated heterocycles. The Labute approximate surface area is 211 Å². The van der Waals surface area contributed by atoms with Gasteiger partial charge >= 0.3 is 6.03 Å². The number of halogens is 2. The number of benzene rings is 1. The molecule has 1 aliphatic carbocycles. The fourth-order valence-corrected chi connectivity index (χ4v) is 6.96. The maximum atomic E-state index is 13.6. The van der Waals surface area contributed by atoms with Crippen molar-refractivity contribution in [2.24, 2.45) is 5.92 Å². The molecule has 1 spiro atoms. The zero-order valence-corrected chi connectivity index (χ0v) is 21.1. The molecule has 2 bridgehead atoms. The number of carbonyl (C=O) groups excluding carboxylic acids is 3. The topological polar surface area (TPSA) is 73.0 Å². The van der Waals surface area contributed by atoms with E-state index in [4.69, 9.17) is 0 Å². The van der Waals surface area contributed by atoms with Crippen molar-refractivity contribution in [3.63, 3.8) is 0 Å². The van der Waals surface area contributed by atoms with Crippen LogP contribution >= 0.6 is 0 Å². The first kappa shape index (κ1) is 25.1. The molecule has 2 unspecified atom stereocenters. The van der Waals surface area contributed by atoms with Crippen LogP contribution < -0.4 is 5.32 Å². The highest BCUT2D eigenvalue weighted by molar-refractivity contribution is 6.06. The zero-order chi connectivity index (χ0) is 25.7. The molecule has 4 amide bonds. The maximum Gasteiger partial charge on any atom is 0.327 e. The van der Waals surface area contributed by atoms with E-state index in [1.165, 1.54) is 4.90 Å². The molecule has 7 nitrogen and oxygen atoms in total. The molecule has 5 rings (SSSR count). The second-order valence-corrected chi connectivity index (χ2v) is 11.2. The van der Waals surface area contributed by atoms with Crippen molar-refractivity contribution in [1.29, 1.82) is 0 Å². The van der Waals surface area contributed by atoms with Crippen LogP contribution in [0.5, 0.6) is 0 Å². The van der Waals surface area contributed by atoms with Crippen LogP contribution in [0.4, 0.5) is 13.6 Å². The lowest BCUT2D eigenvalue weighted by Gasteiger charge is -2.46. The van der Waals surface area contributed by atoms with Crippen LogP contribution in [0.3, 0.4) is 0 Å². The number of imide groups is 1. The fraction of sp³-hybridized carbons (Fsp3) is 0.667. The molecule has 3 atom stereocenters. The molecular weight excluding hydrogens is 466 g/mol. The maximum absolute atomic E-state index is 13.6. The smallest absolute Gasteiger partial charge is 0.327 e. The minimum atomic E-state index is -2.66. The van der Waals surface area contributed by atoms with Gasteiger partial charge in [-0.05, 0) is 50.5 Å². The molecule has 1 N–H and O–H groups in total. The van der Waals surface area contributed by atoms with Gasteiger partial charge in [-0.25, -0.2) is 13.6 Å². The van der Waals surface area contributed by atoms with Gasteiger partial charge in [0.1, 0.15) is 5.54 Å². The van der Waals surface area contributed by atoms with Gasteiger partial charge < -0.3 is 10.2 Å². The lowest BCUT2D eigenvalue weighted by molar-refractivity contribution is -0.136. The monoisotopic (exact) mass is 502 g/mol. The number of urea groups is 1. The van der Waals surface area contributed by atoms with Crippen LogP contribution in [0.15, 0.2) is 30.3 Å². The Hall–Kier alpha value is -2.55. The number of piperidine rings is 1. The molecule has 0 radical (unpaired) electrons. The Morgan fingerprint density at radius 1 is 1.03 bits per heavy atom. The van der Waals surface area contributed by atoms with Gasteiger partial charge in [0.15, 0.2) is 0 Å². The number of nitrogens with one attached hydrogen (secondary N) is 1. The third-order valence-corrected chi connectivity index (χ3v) is 9.12. The van der Waals surface area contributed by atoms with Crippen LogP contribution in [0.1, 0.15) is 69.4 Å². The van der Waals surface area contributed by atoms with Gasteiger partial charge in [0.2, 0.25) is 11.8 Å². The van der Waals surface area contributed by atoms with Crippen LogP contribution in [-0.2, 0) is 9.59 Å². The molecule has 3 aliphatic heterocycles. The third kappa shape index (κ3) is 4.40. The Kier molecular flexibility index (Phi) is 6.55. The van der Waals surface area contributed by atoms with Gasteiger partial charge in [0.25, 0.3) is 5.91 Å². The van der Waals surface area contributed by atoms with Crippen molar-refractivity contribution in [2.45, 2.75) is 87.4 Å². The van der Waals surface area contributed by atoms with Gasteiger partial charge in [-0.3, -0.25) is 19.4 Å². The summed E-state index contributed by atoms with van der Waals surface area (Å²) in [6, 6.07) is 9.78. The van der Waals surface area contributed by atoms with E-state index >= 15 is 0 Å². The molecule has 36 heavy (non-hydrogen) atoms. The number of nitrogens with zero attached hydrogens (tertiary/aromatic N) is 3. The summed E-state index contributed by atoms with van der Waals surface area (Å²) in [5.41, 5.74) is 0.260. The quantitative estimate of drug-likeness (QED) is 0.598. The average Bonchev–Trinajstić information content (AvgIpc) is 3.19. The van der Waals surface area contributed by atoms with E-state index in [9.17, 15) is 23.2 Å². The van der Waals surface area contributed by atoms with Gasteiger partial charge in [0, 0.05) is 51.5 Å². The summed E-state index contributed by atoms with van der Waals surface area (Å²) in [6.45, 7) is 0.760. The Morgan fingerprint density at radius 3 is 2.19 bits per heavy atom. The van der Waals surface area contributed by atoms with Crippen molar-refractivity contribution in [3.8, 4) is 0 Å². The van der Waals surface area contributed by atoms with Crippen LogP contribution in [0.2, 0.25) is 0 Å². The summed E-state index contributed by atoms with van der Waals surface area (Å²) in [4.78, 5) is 43.9. The first-order valence-electron chi connectivity index (χ1n) is 13.2. The summed E-state index contributed by atoms with van der Waals surface area (Å²) in [5.74, 6) is -3.27. The van der Waals surface area contributed by atoms with E-state index in [1.54, 1.807) is 19.0 Å². The third-order valence-electron chi connectivity index (χ3n) is 9.12. The van der Waals surface area contributed by atoms with Gasteiger partial charge in [-0.15, -0.1) is 0 Å². The second kappa shape index (κ2) is 9.39. The summed E-state index contributed by atoms with van der Waals surface area (Å²) in [7, 11) is 3.30. The number of alkyl halides is 2. The van der Waals surface area contributed by atoms with Crippen LogP contribution in [-0.4, -0.2) is 76.7 Å². The van der Waals surface area contributed by atoms with Crippen LogP contribution in [0.25, 0.3) is 0 Å². The summed E-state index contributed by atoms with van der Waals surface area (Å²) in [5, 5.41) is 3.17. The molecule has 4 aliphatic rings. The number of amides is 4. The van der Waals surface area contributed by atoms with Gasteiger partial charge in [-0.1, -0.05) is 30.3 Å². The molecule has 196 valence electrons. The average molecular weight is 503 g/mol. The van der Waals surface area contributed by atoms with E-state index in [-0.39, 0.29) is 67.6 Å². The Balaban J connectivity index is 1.26. The lowest BCUT2D eigenvalue weighted by Crippen LogP contribution is -2.59. The van der Waals surface area contributed by atoms with Gasteiger partial charge in [-0.2, -0.15) is 0 Å². The molecular formula is C27H36F2N4O3. The minimum absolute atomic E-state index is 0.0981. The molecule has 3 heterocycles. The van der Waals surface area contributed by atoms with E-state index in [2.05, 4.69) is 10.2 Å². The molecule has 0 aromatic heterocycles. The van der Waals surface area contributed by atoms with Crippen molar-refractivity contribution < 1.29 is 23.2 Å². The molecule has 1 saturated carbocycles. The van der Waals surface area contributed by atoms with Crippen molar-refractivity contribution in [1.82, 2.24) is 20.0 Å². The molecule has 1 aromatic rings. The van der Waals surface area contributed by atoms with Crippen molar-refractivity contribution in [3.05, 3.63) is 35.9 Å². The minimum Gasteiger partial charge on any atom is -0.349 e. The predicted octanol–water partition coefficient (Wildman–Crippen LogP) is 3.95. The first-order valence-corrected chi connectivity index (χ1v) is 13.2. The standard InChI is InChI=1S/C27H36F2N4O3/c1-31-24(35)26(32(2)25(31)36)16-20-8-9-21(17-26)33(20)15-12-22(18-6-4-3-5-7-18)30-23(34)19-10-13-27(28,29)14-11-19/h3-7,19-22H,8-17H2,1-2H3,(H,30,34)/t20?,21?,22-,26?/m0/s1. The second-order valence-electron chi connectivity index (χ2n) is 11.2. The highest BCUT2D eigenvalue weighted by Gasteiger charge is 2.60. The number of rotatable bonds is 6. The van der Waals surface area contributed by atoms with E-state index in [1.807, 2.05) is 30.3 Å². The summed E-state index contributed by atoms with van der Waals surface area (Å²) in [6.07, 6.45) is 3.91. The van der Waals surface area contributed by atoms with E-state index in [0.29, 0.717) is 19.3 Å². The fourth-order valence-electron chi connectivity index (χ4n) is 6.96. The SMILES string of the molecule is CN1C(=O)N(C)C2(CC3CCC(C2)N3CC[C@H](NC(=O)C2CCC(F)(F)CC2)c2ccccc2)C1=O. The molecule has 9 heteroatoms. The predicted molar refractivity (Wildman–Crippen MR) is 130 cm³/mol. The normalized spacial score (nSPS) is 31.3. The molecule has 1 aromatic carbocycles. The van der Waals surface area contributed by atoms with Crippen LogP contribution in [0, 0.1) is 5.92 Å². The number of carbonyl (C=O) groups is 3. The highest BCUT2D eigenvalue weighted by atomic mass is 19.3. The Morgan fingerprint density at radius 2 is 1.64 bits per heavy atom. The summed E-state index contributed by atoms with van der Waals surface area (Å²) >= 11 is 0. The zero-order valence-electron chi connectivity index (χ0n) is 21.1. The Bertz CT molecular complexity index is 996.